The van der Waals surface area contributed by atoms with Crippen LogP contribution in [0.15, 0.2) is 12.7 Å². The summed E-state index contributed by atoms with van der Waals surface area (Å²) in [5, 5.41) is 5.50. The molecule has 0 radical (unpaired) electrons. The second-order valence-electron chi connectivity index (χ2n) is 12.6. The van der Waals surface area contributed by atoms with Crippen LogP contribution < -0.4 is 16.4 Å². The SMILES string of the molecule is C=CCNC(=O)C(=O)C(CC1CCC1)NC(=O)[C@@H]1[C@H]2CCC(C)(C)[C@H]2CN1C(=O)[C@@H](N)C1CCCCC1. The lowest BCUT2D eigenvalue weighted by atomic mass is 9.79. The number of rotatable bonds is 10. The van der Waals surface area contributed by atoms with Crippen molar-refractivity contribution in [3.63, 3.8) is 0 Å². The maximum atomic E-state index is 13.9. The highest BCUT2D eigenvalue weighted by Gasteiger charge is 2.56. The molecule has 8 nitrogen and oxygen atoms in total. The Bertz CT molecular complexity index is 892. The number of nitrogens with one attached hydrogen (secondary N) is 2. The largest absolute Gasteiger partial charge is 0.346 e. The Labute approximate surface area is 221 Å². The zero-order chi connectivity index (χ0) is 26.7. The van der Waals surface area contributed by atoms with E-state index in [0.717, 1.165) is 57.8 Å². The van der Waals surface area contributed by atoms with Gasteiger partial charge in [0, 0.05) is 13.1 Å². The van der Waals surface area contributed by atoms with Crippen LogP contribution in [0.25, 0.3) is 0 Å². The van der Waals surface area contributed by atoms with Crippen LogP contribution >= 0.6 is 0 Å². The van der Waals surface area contributed by atoms with E-state index in [4.69, 9.17) is 5.73 Å². The van der Waals surface area contributed by atoms with Crippen molar-refractivity contribution in [3.05, 3.63) is 12.7 Å². The van der Waals surface area contributed by atoms with Crippen LogP contribution in [0, 0.1) is 29.1 Å². The van der Waals surface area contributed by atoms with Gasteiger partial charge in [0.15, 0.2) is 0 Å². The fourth-order valence-electron chi connectivity index (χ4n) is 7.23. The second-order valence-corrected chi connectivity index (χ2v) is 12.6. The first-order valence-corrected chi connectivity index (χ1v) is 14.4. The monoisotopic (exact) mass is 514 g/mol. The van der Waals surface area contributed by atoms with Crippen molar-refractivity contribution in [1.29, 1.82) is 0 Å². The van der Waals surface area contributed by atoms with Gasteiger partial charge in [-0.1, -0.05) is 58.4 Å². The molecular weight excluding hydrogens is 468 g/mol. The average molecular weight is 515 g/mol. The molecule has 37 heavy (non-hydrogen) atoms. The molecule has 1 aliphatic heterocycles. The maximum Gasteiger partial charge on any atom is 0.289 e. The predicted octanol–water partition coefficient (Wildman–Crippen LogP) is 2.70. The molecule has 1 saturated heterocycles. The van der Waals surface area contributed by atoms with Crippen LogP contribution in [0.3, 0.4) is 0 Å². The van der Waals surface area contributed by atoms with Crippen molar-refractivity contribution in [3.8, 4) is 0 Å². The first-order valence-electron chi connectivity index (χ1n) is 14.4. The molecule has 0 bridgehead atoms. The van der Waals surface area contributed by atoms with Gasteiger partial charge >= 0.3 is 0 Å². The molecule has 4 aliphatic rings. The van der Waals surface area contributed by atoms with Crippen LogP contribution in [0.4, 0.5) is 0 Å². The second kappa shape index (κ2) is 11.7. The number of nitrogens with zero attached hydrogens (tertiary/aromatic N) is 1. The molecule has 0 aromatic carbocycles. The van der Waals surface area contributed by atoms with E-state index < -0.39 is 29.8 Å². The topological polar surface area (TPSA) is 122 Å². The lowest BCUT2D eigenvalue weighted by Gasteiger charge is -2.35. The van der Waals surface area contributed by atoms with Gasteiger partial charge in [-0.15, -0.1) is 6.58 Å². The van der Waals surface area contributed by atoms with E-state index in [1.54, 1.807) is 4.90 Å². The van der Waals surface area contributed by atoms with Crippen LogP contribution in [-0.4, -0.2) is 59.6 Å². The summed E-state index contributed by atoms with van der Waals surface area (Å²) in [6.45, 7) is 8.73. The van der Waals surface area contributed by atoms with Gasteiger partial charge in [-0.2, -0.15) is 0 Å². The minimum absolute atomic E-state index is 0.0267. The molecule has 1 unspecified atom stereocenters. The molecule has 0 spiro atoms. The molecule has 8 heteroatoms. The number of hydrogen-bond donors (Lipinski definition) is 3. The highest BCUT2D eigenvalue weighted by molar-refractivity contribution is 6.38. The van der Waals surface area contributed by atoms with Gasteiger partial charge in [0.2, 0.25) is 17.6 Å². The summed E-state index contributed by atoms with van der Waals surface area (Å²) >= 11 is 0. The number of carbonyl (C=O) groups excluding carboxylic acids is 4. The summed E-state index contributed by atoms with van der Waals surface area (Å²) in [4.78, 5) is 55.0. The van der Waals surface area contributed by atoms with E-state index >= 15 is 0 Å². The molecule has 206 valence electrons. The molecule has 5 atom stereocenters. The molecule has 0 aromatic rings. The summed E-state index contributed by atoms with van der Waals surface area (Å²) in [6.07, 6.45) is 12.2. The Morgan fingerprint density at radius 2 is 1.76 bits per heavy atom. The molecule has 1 heterocycles. The normalized spacial score (nSPS) is 29.1. The van der Waals surface area contributed by atoms with Crippen LogP contribution in [-0.2, 0) is 19.2 Å². The summed E-state index contributed by atoms with van der Waals surface area (Å²) in [5.41, 5.74) is 6.57. The van der Waals surface area contributed by atoms with E-state index in [0.29, 0.717) is 18.9 Å². The van der Waals surface area contributed by atoms with Crippen molar-refractivity contribution in [2.45, 2.75) is 103 Å². The molecule has 4 fully saturated rings. The zero-order valence-corrected chi connectivity index (χ0v) is 22.7. The number of ketones is 1. The predicted molar refractivity (Wildman–Crippen MR) is 142 cm³/mol. The first-order chi connectivity index (χ1) is 17.6. The number of Topliss-reactive ketones (excluding diaryl/α,β-unsaturated/α-hetero) is 1. The molecule has 3 aliphatic carbocycles. The minimum atomic E-state index is -0.889. The van der Waals surface area contributed by atoms with Gasteiger partial charge < -0.3 is 21.3 Å². The minimum Gasteiger partial charge on any atom is -0.346 e. The Hall–Kier alpha value is -2.22. The van der Waals surface area contributed by atoms with Crippen LogP contribution in [0.2, 0.25) is 0 Å². The smallest absolute Gasteiger partial charge is 0.289 e. The van der Waals surface area contributed by atoms with Gasteiger partial charge in [-0.3, -0.25) is 19.2 Å². The number of amides is 3. The molecular formula is C29H46N4O4. The van der Waals surface area contributed by atoms with Crippen molar-refractivity contribution >= 4 is 23.5 Å². The summed E-state index contributed by atoms with van der Waals surface area (Å²) in [7, 11) is 0. The van der Waals surface area contributed by atoms with Gasteiger partial charge in [0.1, 0.15) is 6.04 Å². The highest BCUT2D eigenvalue weighted by Crippen LogP contribution is 2.53. The lowest BCUT2D eigenvalue weighted by molar-refractivity contribution is -0.144. The van der Waals surface area contributed by atoms with Gasteiger partial charge in [0.05, 0.1) is 12.1 Å². The maximum absolute atomic E-state index is 13.9. The quantitative estimate of drug-likeness (QED) is 0.306. The van der Waals surface area contributed by atoms with Crippen molar-refractivity contribution < 1.29 is 19.2 Å². The number of likely N-dealkylation sites (tertiary alicyclic amines) is 1. The van der Waals surface area contributed by atoms with E-state index in [2.05, 4.69) is 31.1 Å². The van der Waals surface area contributed by atoms with Crippen molar-refractivity contribution in [1.82, 2.24) is 15.5 Å². The van der Waals surface area contributed by atoms with Gasteiger partial charge in [-0.05, 0) is 61.2 Å². The number of hydrogen-bond acceptors (Lipinski definition) is 5. The van der Waals surface area contributed by atoms with E-state index in [9.17, 15) is 19.2 Å². The molecule has 3 saturated carbocycles. The summed E-state index contributed by atoms with van der Waals surface area (Å²) in [5.74, 6) is -1.07. The van der Waals surface area contributed by atoms with Crippen LogP contribution in [0.5, 0.6) is 0 Å². The number of fused-ring (bicyclic) bond motifs is 1. The van der Waals surface area contributed by atoms with Crippen molar-refractivity contribution in [2.75, 3.05) is 13.1 Å². The van der Waals surface area contributed by atoms with Gasteiger partial charge in [-0.25, -0.2) is 0 Å². The van der Waals surface area contributed by atoms with Crippen molar-refractivity contribution in [2.24, 2.45) is 34.8 Å². The lowest BCUT2D eigenvalue weighted by Crippen LogP contribution is -2.58. The number of nitrogens with two attached hydrogens (primary N) is 1. The first kappa shape index (κ1) is 27.8. The van der Waals surface area contributed by atoms with Gasteiger partial charge in [0.25, 0.3) is 5.91 Å². The van der Waals surface area contributed by atoms with E-state index in [1.807, 2.05) is 0 Å². The Balaban J connectivity index is 1.54. The highest BCUT2D eigenvalue weighted by atomic mass is 16.2. The van der Waals surface area contributed by atoms with E-state index in [-0.39, 0.29) is 41.5 Å². The zero-order valence-electron chi connectivity index (χ0n) is 22.7. The number of carbonyl (C=O) groups is 4. The Morgan fingerprint density at radius 3 is 2.38 bits per heavy atom. The summed E-state index contributed by atoms with van der Waals surface area (Å²) < 4.78 is 0. The Kier molecular flexibility index (Phi) is 8.77. The summed E-state index contributed by atoms with van der Waals surface area (Å²) in [6, 6.07) is -2.14. The fourth-order valence-corrected chi connectivity index (χ4v) is 7.23. The standard InChI is InChI=1S/C29H46N4O4/c1-4-15-31-27(36)25(34)22(16-18-9-8-10-18)32-26(35)24-20-13-14-29(2,3)21(20)17-33(24)28(37)23(30)19-11-6-5-7-12-19/h4,18-24H,1,5-17,30H2,2-3H3,(H,31,36)(H,32,35)/t20-,21-,22?,23-,24-/m0/s1. The third kappa shape index (κ3) is 5.94. The average Bonchev–Trinajstić information content (AvgIpc) is 3.40. The fraction of sp³-hybridized carbons (Fsp3) is 0.793. The Morgan fingerprint density at radius 1 is 1.05 bits per heavy atom. The third-order valence-electron chi connectivity index (χ3n) is 9.83. The molecule has 4 rings (SSSR count). The van der Waals surface area contributed by atoms with Crippen LogP contribution in [0.1, 0.15) is 84.5 Å². The molecule has 4 N–H and O–H groups in total. The molecule has 3 amide bonds. The molecule has 0 aromatic heterocycles. The van der Waals surface area contributed by atoms with E-state index in [1.165, 1.54) is 12.5 Å². The third-order valence-corrected chi connectivity index (χ3v) is 9.83.